The van der Waals surface area contributed by atoms with Gasteiger partial charge in [-0.2, -0.15) is 0 Å². The van der Waals surface area contributed by atoms with Gasteiger partial charge in [-0.15, -0.1) is 0 Å². The van der Waals surface area contributed by atoms with Crippen molar-refractivity contribution in [1.29, 1.82) is 0 Å². The number of pyridine rings is 1. The lowest BCUT2D eigenvalue weighted by Crippen LogP contribution is -2.09. The third-order valence-electron chi connectivity index (χ3n) is 7.15. The molecule has 0 aliphatic heterocycles. The molecule has 0 N–H and O–H groups in total. The predicted octanol–water partition coefficient (Wildman–Crippen LogP) is 7.40. The van der Waals surface area contributed by atoms with Crippen LogP contribution in [0.1, 0.15) is 97.8 Å². The van der Waals surface area contributed by atoms with Crippen LogP contribution < -0.4 is 9.16 Å². The Balaban J connectivity index is 1.33. The zero-order valence-electron chi connectivity index (χ0n) is 22.4. The average molecular weight is 498 g/mol. The minimum atomic E-state index is -0.659. The Morgan fingerprint density at radius 2 is 1.74 bits per heavy atom. The summed E-state index contributed by atoms with van der Waals surface area (Å²) in [5.74, 6) is 4.06. The smallest absolute Gasteiger partial charge is 0.221 e. The number of hydrogen-bond donors (Lipinski definition) is 0. The fourth-order valence-corrected chi connectivity index (χ4v) is 5.58. The summed E-state index contributed by atoms with van der Waals surface area (Å²) in [5, 5.41) is 0. The number of aromatic nitrogens is 3. The summed E-state index contributed by atoms with van der Waals surface area (Å²) in [4.78, 5) is 13.5. The second-order valence-corrected chi connectivity index (χ2v) is 12.0. The zero-order valence-corrected chi connectivity index (χ0v) is 23.8. The van der Waals surface area contributed by atoms with Crippen molar-refractivity contribution in [3.63, 3.8) is 0 Å². The molecular weight excluding hydrogens is 450 g/mol. The summed E-state index contributed by atoms with van der Waals surface area (Å²) >= 11 is 0. The molecule has 1 fully saturated rings. The summed E-state index contributed by atoms with van der Waals surface area (Å²) in [6.45, 7) is 7.78. The largest absolute Gasteiger partial charge is 0.535 e. The minimum absolute atomic E-state index is 0.626. The highest BCUT2D eigenvalue weighted by atomic mass is 28.2. The molecule has 0 bridgehead atoms. The molecular formula is C29H47N3O2Si. The van der Waals surface area contributed by atoms with Crippen molar-refractivity contribution in [3.05, 3.63) is 30.7 Å². The molecule has 0 spiro atoms. The lowest BCUT2D eigenvalue weighted by Gasteiger charge is -2.15. The van der Waals surface area contributed by atoms with Gasteiger partial charge in [0.2, 0.25) is 15.6 Å². The molecule has 2 aromatic rings. The van der Waals surface area contributed by atoms with Crippen molar-refractivity contribution in [1.82, 2.24) is 15.0 Å². The van der Waals surface area contributed by atoms with Gasteiger partial charge in [-0.25, -0.2) is 4.98 Å². The minimum Gasteiger partial charge on any atom is -0.535 e. The molecule has 0 saturated heterocycles. The van der Waals surface area contributed by atoms with E-state index in [1.54, 1.807) is 18.6 Å². The van der Waals surface area contributed by atoms with Crippen LogP contribution in [0.2, 0.25) is 6.04 Å². The fourth-order valence-electron chi connectivity index (χ4n) is 4.42. The van der Waals surface area contributed by atoms with E-state index in [1.807, 2.05) is 12.1 Å². The maximum absolute atomic E-state index is 6.06. The van der Waals surface area contributed by atoms with Crippen LogP contribution in [-0.2, 0) is 0 Å². The van der Waals surface area contributed by atoms with Crippen molar-refractivity contribution in [2.24, 2.45) is 17.8 Å². The van der Waals surface area contributed by atoms with Crippen LogP contribution in [0.4, 0.5) is 0 Å². The van der Waals surface area contributed by atoms with Gasteiger partial charge in [-0.3, -0.25) is 9.97 Å². The molecule has 1 aliphatic carbocycles. The van der Waals surface area contributed by atoms with Gasteiger partial charge in [-0.05, 0) is 42.4 Å². The van der Waals surface area contributed by atoms with Gasteiger partial charge in [0.15, 0.2) is 0 Å². The van der Waals surface area contributed by atoms with E-state index in [-0.39, 0.29) is 0 Å². The van der Waals surface area contributed by atoms with Crippen molar-refractivity contribution in [2.45, 2.75) is 104 Å². The van der Waals surface area contributed by atoms with Crippen molar-refractivity contribution in [3.8, 4) is 23.0 Å². The second-order valence-electron chi connectivity index (χ2n) is 10.7. The van der Waals surface area contributed by atoms with E-state index >= 15 is 0 Å². The SMILES string of the molecule is CCCCC(C)CCC(C)C[SiH2]Oc1cncc(-c2ccc(OCCCCCCC3CC3)cn2)n1. The Kier molecular flexibility index (Phi) is 12.6. The highest BCUT2D eigenvalue weighted by molar-refractivity contribution is 6.28. The summed E-state index contributed by atoms with van der Waals surface area (Å²) in [5.41, 5.74) is 1.54. The molecule has 0 radical (unpaired) electrons. The highest BCUT2D eigenvalue weighted by Gasteiger charge is 2.19. The van der Waals surface area contributed by atoms with Gasteiger partial charge in [0.1, 0.15) is 11.4 Å². The third kappa shape index (κ3) is 11.6. The summed E-state index contributed by atoms with van der Waals surface area (Å²) in [6, 6.07) is 5.11. The van der Waals surface area contributed by atoms with Gasteiger partial charge in [-0.1, -0.05) is 91.4 Å². The Bertz CT molecular complexity index is 829. The van der Waals surface area contributed by atoms with Crippen molar-refractivity contribution < 1.29 is 9.16 Å². The van der Waals surface area contributed by atoms with Crippen LogP contribution in [-0.4, -0.2) is 31.3 Å². The van der Waals surface area contributed by atoms with E-state index in [4.69, 9.17) is 9.16 Å². The van der Waals surface area contributed by atoms with Gasteiger partial charge in [0.05, 0.1) is 30.9 Å². The molecule has 194 valence electrons. The molecule has 2 atom stereocenters. The molecule has 5 nitrogen and oxygen atoms in total. The Morgan fingerprint density at radius 1 is 0.914 bits per heavy atom. The predicted molar refractivity (Wildman–Crippen MR) is 148 cm³/mol. The molecule has 35 heavy (non-hydrogen) atoms. The van der Waals surface area contributed by atoms with Gasteiger partial charge in [0.25, 0.3) is 0 Å². The fraction of sp³-hybridized carbons (Fsp3) is 0.690. The Labute approximate surface area is 215 Å². The first-order valence-electron chi connectivity index (χ1n) is 14.2. The summed E-state index contributed by atoms with van der Waals surface area (Å²) in [6.07, 6.45) is 21.3. The lowest BCUT2D eigenvalue weighted by molar-refractivity contribution is 0.303. The van der Waals surface area contributed by atoms with E-state index in [0.717, 1.165) is 47.9 Å². The molecule has 1 aliphatic rings. The first kappa shape index (κ1) is 27.6. The van der Waals surface area contributed by atoms with Crippen molar-refractivity contribution in [2.75, 3.05) is 6.61 Å². The molecule has 3 rings (SSSR count). The molecule has 2 heterocycles. The normalized spacial score (nSPS) is 15.4. The Hall–Kier alpha value is -1.95. The van der Waals surface area contributed by atoms with Crippen LogP contribution in [0.3, 0.4) is 0 Å². The zero-order chi connectivity index (χ0) is 24.7. The summed E-state index contributed by atoms with van der Waals surface area (Å²) < 4.78 is 11.9. The van der Waals surface area contributed by atoms with Crippen molar-refractivity contribution >= 4 is 9.76 Å². The number of nitrogens with zero attached hydrogens (tertiary/aromatic N) is 3. The van der Waals surface area contributed by atoms with E-state index < -0.39 is 9.76 Å². The van der Waals surface area contributed by atoms with Crippen LogP contribution in [0.5, 0.6) is 11.6 Å². The van der Waals surface area contributed by atoms with Crippen LogP contribution >= 0.6 is 0 Å². The van der Waals surface area contributed by atoms with Crippen LogP contribution in [0.25, 0.3) is 11.4 Å². The summed E-state index contributed by atoms with van der Waals surface area (Å²) in [7, 11) is -0.659. The molecule has 1 saturated carbocycles. The van der Waals surface area contributed by atoms with E-state index in [9.17, 15) is 0 Å². The second kappa shape index (κ2) is 15.9. The first-order valence-corrected chi connectivity index (χ1v) is 15.8. The molecule has 2 aromatic heterocycles. The maximum Gasteiger partial charge on any atom is 0.221 e. The average Bonchev–Trinajstić information content (AvgIpc) is 3.71. The maximum atomic E-state index is 6.06. The van der Waals surface area contributed by atoms with Gasteiger partial charge < -0.3 is 9.16 Å². The van der Waals surface area contributed by atoms with E-state index in [1.165, 1.54) is 76.7 Å². The van der Waals surface area contributed by atoms with Crippen LogP contribution in [0.15, 0.2) is 30.7 Å². The Morgan fingerprint density at radius 3 is 2.51 bits per heavy atom. The number of ether oxygens (including phenoxy) is 1. The highest BCUT2D eigenvalue weighted by Crippen LogP contribution is 2.34. The molecule has 6 heteroatoms. The monoisotopic (exact) mass is 497 g/mol. The first-order chi connectivity index (χ1) is 17.1. The number of unbranched alkanes of at least 4 members (excludes halogenated alkanes) is 4. The van der Waals surface area contributed by atoms with E-state index in [2.05, 4.69) is 35.7 Å². The standard InChI is InChI=1S/C29H47N3O2Si/c1-4-5-10-23(2)12-13-24(3)22-35-34-29-21-30-20-28(32-29)27-17-16-26(19-31-27)33-18-9-7-6-8-11-25-14-15-25/h16-17,19-21,23-25H,4-15,18,22,35H2,1-3H3. The number of rotatable bonds is 19. The number of hydrogen-bond acceptors (Lipinski definition) is 5. The third-order valence-corrected chi connectivity index (χ3v) is 8.87. The van der Waals surface area contributed by atoms with Gasteiger partial charge >= 0.3 is 0 Å². The molecule has 0 amide bonds. The van der Waals surface area contributed by atoms with E-state index in [0.29, 0.717) is 5.88 Å². The lowest BCUT2D eigenvalue weighted by atomic mass is 9.95. The van der Waals surface area contributed by atoms with Crippen LogP contribution in [0, 0.1) is 17.8 Å². The molecule has 0 aromatic carbocycles. The quantitative estimate of drug-likeness (QED) is 0.149. The molecule has 2 unspecified atom stereocenters. The van der Waals surface area contributed by atoms with Gasteiger partial charge in [0, 0.05) is 0 Å². The topological polar surface area (TPSA) is 57.1 Å².